The molecule has 0 spiro atoms. The van der Waals surface area contributed by atoms with Crippen LogP contribution in [0.1, 0.15) is 12.5 Å². The highest BCUT2D eigenvalue weighted by molar-refractivity contribution is 8.00. The van der Waals surface area contributed by atoms with Gasteiger partial charge in [-0.2, -0.15) is 0 Å². The van der Waals surface area contributed by atoms with Crippen molar-refractivity contribution < 1.29 is 0 Å². The van der Waals surface area contributed by atoms with E-state index in [1.807, 2.05) is 11.8 Å². The number of benzene rings is 1. The maximum atomic E-state index is 3.43. The third kappa shape index (κ3) is 1.44. The fourth-order valence-electron chi connectivity index (χ4n) is 1.40. The van der Waals surface area contributed by atoms with Crippen LogP contribution >= 0.6 is 11.8 Å². The lowest BCUT2D eigenvalue weighted by atomic mass is 10.2. The Bertz CT molecular complexity index is 296. The van der Waals surface area contributed by atoms with E-state index in [2.05, 4.69) is 37.4 Å². The Morgan fingerprint density at radius 3 is 3.17 bits per heavy atom. The molecular weight excluding hydrogens is 166 g/mol. The highest BCUT2D eigenvalue weighted by Gasteiger charge is 2.13. The van der Waals surface area contributed by atoms with Gasteiger partial charge in [-0.15, -0.1) is 11.8 Å². The molecule has 0 radical (unpaired) electrons. The van der Waals surface area contributed by atoms with Crippen LogP contribution in [0.5, 0.6) is 0 Å². The molecule has 64 valence electrons. The molecule has 1 nitrogen and oxygen atoms in total. The maximum Gasteiger partial charge on any atom is 0.0481 e. The zero-order valence-electron chi connectivity index (χ0n) is 7.42. The van der Waals surface area contributed by atoms with Crippen molar-refractivity contribution in [1.82, 2.24) is 0 Å². The van der Waals surface area contributed by atoms with E-state index in [9.17, 15) is 0 Å². The maximum absolute atomic E-state index is 3.43. The summed E-state index contributed by atoms with van der Waals surface area (Å²) in [5, 5.41) is 4.13. The number of thioether (sulfide) groups is 1. The van der Waals surface area contributed by atoms with Crippen LogP contribution in [-0.2, 0) is 0 Å². The smallest absolute Gasteiger partial charge is 0.0481 e. The van der Waals surface area contributed by atoms with E-state index in [4.69, 9.17) is 0 Å². The van der Waals surface area contributed by atoms with Gasteiger partial charge in [0.1, 0.15) is 0 Å². The van der Waals surface area contributed by atoms with Crippen LogP contribution in [0.15, 0.2) is 23.1 Å². The lowest BCUT2D eigenvalue weighted by Crippen LogP contribution is -2.18. The molecule has 12 heavy (non-hydrogen) atoms. The fourth-order valence-corrected chi connectivity index (χ4v) is 2.40. The lowest BCUT2D eigenvalue weighted by Gasteiger charge is -2.22. The molecule has 0 bridgehead atoms. The van der Waals surface area contributed by atoms with Gasteiger partial charge < -0.3 is 5.32 Å². The molecule has 1 heterocycles. The zero-order valence-corrected chi connectivity index (χ0v) is 8.24. The molecule has 1 atom stereocenters. The van der Waals surface area contributed by atoms with Crippen molar-refractivity contribution in [3.8, 4) is 0 Å². The summed E-state index contributed by atoms with van der Waals surface area (Å²) < 4.78 is 0. The first-order valence-electron chi connectivity index (χ1n) is 4.27. The number of aryl methyl sites for hydroxylation is 1. The monoisotopic (exact) mass is 179 g/mol. The molecule has 0 saturated heterocycles. The van der Waals surface area contributed by atoms with Gasteiger partial charge >= 0.3 is 0 Å². The van der Waals surface area contributed by atoms with Crippen LogP contribution in [0.2, 0.25) is 0 Å². The van der Waals surface area contributed by atoms with E-state index in [0.717, 1.165) is 6.54 Å². The molecule has 2 rings (SSSR count). The summed E-state index contributed by atoms with van der Waals surface area (Å²) in [5.41, 5.74) is 2.63. The highest BCUT2D eigenvalue weighted by atomic mass is 32.2. The van der Waals surface area contributed by atoms with E-state index < -0.39 is 0 Å². The second-order valence-electron chi connectivity index (χ2n) is 3.31. The quantitative estimate of drug-likeness (QED) is 0.657. The van der Waals surface area contributed by atoms with Gasteiger partial charge in [-0.05, 0) is 24.6 Å². The van der Waals surface area contributed by atoms with Crippen molar-refractivity contribution in [3.05, 3.63) is 23.8 Å². The molecule has 0 aliphatic carbocycles. The topological polar surface area (TPSA) is 12.0 Å². The summed E-state index contributed by atoms with van der Waals surface area (Å²) in [7, 11) is 0. The predicted molar refractivity (Wildman–Crippen MR) is 55.0 cm³/mol. The molecule has 0 amide bonds. The van der Waals surface area contributed by atoms with Gasteiger partial charge in [-0.25, -0.2) is 0 Å². The summed E-state index contributed by atoms with van der Waals surface area (Å²) >= 11 is 1.96. The first kappa shape index (κ1) is 7.99. The third-order valence-electron chi connectivity index (χ3n) is 2.04. The number of rotatable bonds is 0. The molecule has 0 saturated carbocycles. The molecule has 1 aliphatic rings. The molecule has 1 aromatic carbocycles. The largest absolute Gasteiger partial charge is 0.383 e. The highest BCUT2D eigenvalue weighted by Crippen LogP contribution is 2.34. The van der Waals surface area contributed by atoms with Crippen molar-refractivity contribution >= 4 is 17.4 Å². The molecule has 1 aromatic rings. The van der Waals surface area contributed by atoms with Crippen LogP contribution in [0, 0.1) is 6.92 Å². The van der Waals surface area contributed by atoms with Gasteiger partial charge in [0.2, 0.25) is 0 Å². The Kier molecular flexibility index (Phi) is 2.01. The standard InChI is InChI=1S/C10H13NS/c1-7-3-4-10-9(5-7)11-6-8(2)12-10/h3-5,8,11H,6H2,1-2H3. The van der Waals surface area contributed by atoms with Crippen molar-refractivity contribution in [1.29, 1.82) is 0 Å². The number of hydrogen-bond acceptors (Lipinski definition) is 2. The molecule has 0 fully saturated rings. The second-order valence-corrected chi connectivity index (χ2v) is 4.79. The van der Waals surface area contributed by atoms with E-state index in [-0.39, 0.29) is 0 Å². The average Bonchev–Trinajstić information content (AvgIpc) is 2.05. The molecule has 2 heteroatoms. The molecular formula is C10H13NS. The van der Waals surface area contributed by atoms with Crippen molar-refractivity contribution in [2.75, 3.05) is 11.9 Å². The number of nitrogens with one attached hydrogen (secondary N) is 1. The van der Waals surface area contributed by atoms with Crippen LogP contribution in [-0.4, -0.2) is 11.8 Å². The predicted octanol–water partition coefficient (Wildman–Crippen LogP) is 2.90. The first-order valence-corrected chi connectivity index (χ1v) is 5.15. The van der Waals surface area contributed by atoms with Gasteiger partial charge in [0.05, 0.1) is 0 Å². The number of hydrogen-bond donors (Lipinski definition) is 1. The van der Waals surface area contributed by atoms with Gasteiger partial charge in [-0.1, -0.05) is 13.0 Å². The summed E-state index contributed by atoms with van der Waals surface area (Å²) in [6.45, 7) is 5.46. The minimum Gasteiger partial charge on any atom is -0.383 e. The Balaban J connectivity index is 2.37. The van der Waals surface area contributed by atoms with Crippen molar-refractivity contribution in [2.45, 2.75) is 24.0 Å². The van der Waals surface area contributed by atoms with Gasteiger partial charge in [0.25, 0.3) is 0 Å². The number of anilines is 1. The molecule has 1 N–H and O–H groups in total. The minimum absolute atomic E-state index is 0.695. The van der Waals surface area contributed by atoms with E-state index >= 15 is 0 Å². The average molecular weight is 179 g/mol. The third-order valence-corrected chi connectivity index (χ3v) is 3.22. The molecule has 1 aliphatic heterocycles. The summed E-state index contributed by atoms with van der Waals surface area (Å²) in [4.78, 5) is 1.39. The van der Waals surface area contributed by atoms with Gasteiger partial charge in [-0.3, -0.25) is 0 Å². The Hall–Kier alpha value is -0.630. The van der Waals surface area contributed by atoms with Crippen LogP contribution in [0.3, 0.4) is 0 Å². The SMILES string of the molecule is Cc1ccc2c(c1)NCC(C)S2. The van der Waals surface area contributed by atoms with Crippen LogP contribution in [0.4, 0.5) is 5.69 Å². The normalized spacial score (nSPS) is 21.3. The Morgan fingerprint density at radius 1 is 1.50 bits per heavy atom. The van der Waals surface area contributed by atoms with Crippen molar-refractivity contribution in [2.24, 2.45) is 0 Å². The summed E-state index contributed by atoms with van der Waals surface area (Å²) in [5.74, 6) is 0. The van der Waals surface area contributed by atoms with Crippen LogP contribution in [0.25, 0.3) is 0 Å². The molecule has 1 unspecified atom stereocenters. The van der Waals surface area contributed by atoms with E-state index in [1.165, 1.54) is 16.1 Å². The van der Waals surface area contributed by atoms with E-state index in [0.29, 0.717) is 5.25 Å². The summed E-state index contributed by atoms with van der Waals surface area (Å²) in [6.07, 6.45) is 0. The van der Waals surface area contributed by atoms with Crippen molar-refractivity contribution in [3.63, 3.8) is 0 Å². The number of fused-ring (bicyclic) bond motifs is 1. The molecule has 0 aromatic heterocycles. The lowest BCUT2D eigenvalue weighted by molar-refractivity contribution is 0.973. The Morgan fingerprint density at radius 2 is 2.33 bits per heavy atom. The second kappa shape index (κ2) is 3.02. The van der Waals surface area contributed by atoms with Gasteiger partial charge in [0, 0.05) is 22.4 Å². The first-order chi connectivity index (χ1) is 5.75. The van der Waals surface area contributed by atoms with E-state index in [1.54, 1.807) is 0 Å². The Labute approximate surface area is 77.6 Å². The zero-order chi connectivity index (χ0) is 8.55. The van der Waals surface area contributed by atoms with Crippen LogP contribution < -0.4 is 5.32 Å². The minimum atomic E-state index is 0.695. The van der Waals surface area contributed by atoms with Gasteiger partial charge in [0.15, 0.2) is 0 Å². The summed E-state index contributed by atoms with van der Waals surface area (Å²) in [6, 6.07) is 6.60. The fraction of sp³-hybridized carbons (Fsp3) is 0.400.